The molecule has 1 aromatic heterocycles. The minimum absolute atomic E-state index is 0. The van der Waals surface area contributed by atoms with Crippen molar-refractivity contribution < 1.29 is 13.7 Å². The molecule has 0 fully saturated rings. The first-order chi connectivity index (χ1) is 14.0. The van der Waals surface area contributed by atoms with Gasteiger partial charge < -0.3 is 20.5 Å². The standard InChI is InChI=1S/C21H30FN5O2.HI/c1-5-18-16(19(6-2)29-27-18)13-26-21(23-7-3)25-11-10-24-20(28)15-9-8-14(4)17(22)12-15;/h8-9,12H,5-7,10-11,13H2,1-4H3,(H,24,28)(H2,23,25,26);1H. The van der Waals surface area contributed by atoms with Crippen LogP contribution < -0.4 is 16.0 Å². The van der Waals surface area contributed by atoms with E-state index in [1.54, 1.807) is 19.1 Å². The van der Waals surface area contributed by atoms with E-state index in [4.69, 9.17) is 4.52 Å². The lowest BCUT2D eigenvalue weighted by Gasteiger charge is -2.12. The number of amides is 1. The highest BCUT2D eigenvalue weighted by Crippen LogP contribution is 2.16. The molecule has 0 unspecified atom stereocenters. The Hall–Kier alpha value is -2.17. The van der Waals surface area contributed by atoms with Gasteiger partial charge in [-0.1, -0.05) is 25.1 Å². The van der Waals surface area contributed by atoms with Gasteiger partial charge in [0.2, 0.25) is 0 Å². The number of guanidine groups is 1. The van der Waals surface area contributed by atoms with E-state index >= 15 is 0 Å². The molecule has 0 radical (unpaired) electrons. The van der Waals surface area contributed by atoms with Crippen molar-refractivity contribution in [3.8, 4) is 0 Å². The van der Waals surface area contributed by atoms with Crippen LogP contribution in [0.5, 0.6) is 0 Å². The molecule has 0 aliphatic rings. The summed E-state index contributed by atoms with van der Waals surface area (Å²) in [4.78, 5) is 16.7. The van der Waals surface area contributed by atoms with Gasteiger partial charge in [0.25, 0.3) is 5.91 Å². The number of aliphatic imine (C=N–C) groups is 1. The number of hydrogen-bond acceptors (Lipinski definition) is 4. The van der Waals surface area contributed by atoms with E-state index in [0.29, 0.717) is 43.3 Å². The predicted molar refractivity (Wildman–Crippen MR) is 127 cm³/mol. The third-order valence-corrected chi connectivity index (χ3v) is 4.48. The summed E-state index contributed by atoms with van der Waals surface area (Å²) in [6.07, 6.45) is 1.57. The molecule has 9 heteroatoms. The zero-order valence-electron chi connectivity index (χ0n) is 18.0. The Bertz CT molecular complexity index is 832. The maximum Gasteiger partial charge on any atom is 0.251 e. The second-order valence-corrected chi connectivity index (χ2v) is 6.58. The Balaban J connectivity index is 0.00000450. The average molecular weight is 531 g/mol. The first-order valence-corrected chi connectivity index (χ1v) is 10.0. The van der Waals surface area contributed by atoms with Crippen LogP contribution in [-0.4, -0.2) is 36.7 Å². The van der Waals surface area contributed by atoms with Crippen LogP contribution >= 0.6 is 24.0 Å². The summed E-state index contributed by atoms with van der Waals surface area (Å²) in [7, 11) is 0. The maximum absolute atomic E-state index is 13.6. The van der Waals surface area contributed by atoms with Crippen LogP contribution in [0.2, 0.25) is 0 Å². The quantitative estimate of drug-likeness (QED) is 0.200. The number of rotatable bonds is 9. The van der Waals surface area contributed by atoms with E-state index in [2.05, 4.69) is 26.1 Å². The fourth-order valence-corrected chi connectivity index (χ4v) is 2.81. The summed E-state index contributed by atoms with van der Waals surface area (Å²) >= 11 is 0. The van der Waals surface area contributed by atoms with E-state index in [1.165, 1.54) is 6.07 Å². The zero-order chi connectivity index (χ0) is 21.2. The molecular formula is C21H31FIN5O2. The maximum atomic E-state index is 13.6. The minimum atomic E-state index is -0.385. The van der Waals surface area contributed by atoms with Gasteiger partial charge in [-0.3, -0.25) is 4.79 Å². The molecule has 2 aromatic rings. The summed E-state index contributed by atoms with van der Waals surface area (Å²) < 4.78 is 19.0. The first kappa shape index (κ1) is 25.9. The number of nitrogens with one attached hydrogen (secondary N) is 3. The molecule has 3 N–H and O–H groups in total. The molecule has 1 aromatic carbocycles. The molecule has 0 aliphatic carbocycles. The molecule has 0 atom stereocenters. The smallest absolute Gasteiger partial charge is 0.251 e. The molecule has 1 amide bonds. The summed E-state index contributed by atoms with van der Waals surface area (Å²) in [6, 6.07) is 4.46. The number of benzene rings is 1. The van der Waals surface area contributed by atoms with Gasteiger partial charge in [-0.05, 0) is 38.0 Å². The van der Waals surface area contributed by atoms with Crippen LogP contribution in [0.15, 0.2) is 27.7 Å². The predicted octanol–water partition coefficient (Wildman–Crippen LogP) is 3.35. The number of carbonyl (C=O) groups excluding carboxylic acids is 1. The Kier molecular flexibility index (Phi) is 11.4. The van der Waals surface area contributed by atoms with Gasteiger partial charge in [0.05, 0.1) is 12.2 Å². The van der Waals surface area contributed by atoms with E-state index in [1.807, 2.05) is 20.8 Å². The van der Waals surface area contributed by atoms with Crippen molar-refractivity contribution in [1.29, 1.82) is 0 Å². The monoisotopic (exact) mass is 531 g/mol. The third kappa shape index (κ3) is 7.26. The zero-order valence-corrected chi connectivity index (χ0v) is 20.3. The molecule has 1 heterocycles. The van der Waals surface area contributed by atoms with Gasteiger partial charge in [0.1, 0.15) is 11.6 Å². The first-order valence-electron chi connectivity index (χ1n) is 10.0. The summed E-state index contributed by atoms with van der Waals surface area (Å²) in [5.74, 6) is 0.814. The van der Waals surface area contributed by atoms with Crippen molar-refractivity contribution in [3.63, 3.8) is 0 Å². The van der Waals surface area contributed by atoms with Gasteiger partial charge in [0.15, 0.2) is 5.96 Å². The Labute approximate surface area is 194 Å². The molecule has 0 spiro atoms. The summed E-state index contributed by atoms with van der Waals surface area (Å²) in [5, 5.41) is 13.2. The molecule has 0 aliphatic heterocycles. The highest BCUT2D eigenvalue weighted by atomic mass is 127. The lowest BCUT2D eigenvalue weighted by atomic mass is 10.1. The summed E-state index contributed by atoms with van der Waals surface area (Å²) in [5.41, 5.74) is 2.78. The molecular weight excluding hydrogens is 500 g/mol. The van der Waals surface area contributed by atoms with E-state index in [9.17, 15) is 9.18 Å². The van der Waals surface area contributed by atoms with Gasteiger partial charge >= 0.3 is 0 Å². The van der Waals surface area contributed by atoms with Crippen molar-refractivity contribution in [1.82, 2.24) is 21.1 Å². The van der Waals surface area contributed by atoms with Crippen molar-refractivity contribution in [3.05, 3.63) is 52.2 Å². The number of carbonyl (C=O) groups is 1. The molecule has 0 bridgehead atoms. The van der Waals surface area contributed by atoms with Crippen LogP contribution in [0.1, 0.15) is 53.7 Å². The van der Waals surface area contributed by atoms with E-state index in [0.717, 1.165) is 29.9 Å². The fraction of sp³-hybridized carbons (Fsp3) is 0.476. The highest BCUT2D eigenvalue weighted by molar-refractivity contribution is 14.0. The normalized spacial score (nSPS) is 11.0. The third-order valence-electron chi connectivity index (χ3n) is 4.48. The van der Waals surface area contributed by atoms with Gasteiger partial charge in [-0.25, -0.2) is 9.38 Å². The Morgan fingerprint density at radius 3 is 2.50 bits per heavy atom. The lowest BCUT2D eigenvalue weighted by molar-refractivity contribution is 0.0954. The second-order valence-electron chi connectivity index (χ2n) is 6.58. The Morgan fingerprint density at radius 1 is 1.13 bits per heavy atom. The fourth-order valence-electron chi connectivity index (χ4n) is 2.81. The molecule has 0 saturated carbocycles. The molecule has 2 rings (SSSR count). The minimum Gasteiger partial charge on any atom is -0.361 e. The van der Waals surface area contributed by atoms with Crippen molar-refractivity contribution >= 4 is 35.8 Å². The van der Waals surface area contributed by atoms with Crippen molar-refractivity contribution in [2.45, 2.75) is 47.1 Å². The lowest BCUT2D eigenvalue weighted by Crippen LogP contribution is -2.41. The van der Waals surface area contributed by atoms with Crippen LogP contribution in [0, 0.1) is 12.7 Å². The topological polar surface area (TPSA) is 91.6 Å². The van der Waals surface area contributed by atoms with Crippen LogP contribution in [0.3, 0.4) is 0 Å². The largest absolute Gasteiger partial charge is 0.361 e. The van der Waals surface area contributed by atoms with Gasteiger partial charge in [0, 0.05) is 37.2 Å². The number of aryl methyl sites for hydroxylation is 3. The molecule has 166 valence electrons. The molecule has 0 saturated heterocycles. The average Bonchev–Trinajstić information content (AvgIpc) is 3.13. The van der Waals surface area contributed by atoms with Gasteiger partial charge in [-0.15, -0.1) is 24.0 Å². The number of hydrogen-bond donors (Lipinski definition) is 3. The molecule has 30 heavy (non-hydrogen) atoms. The highest BCUT2D eigenvalue weighted by Gasteiger charge is 2.13. The number of nitrogens with zero attached hydrogens (tertiary/aromatic N) is 2. The van der Waals surface area contributed by atoms with E-state index in [-0.39, 0.29) is 35.7 Å². The van der Waals surface area contributed by atoms with E-state index < -0.39 is 0 Å². The van der Waals surface area contributed by atoms with Crippen LogP contribution in [0.25, 0.3) is 0 Å². The second kappa shape index (κ2) is 13.2. The Morgan fingerprint density at radius 2 is 1.87 bits per heavy atom. The van der Waals surface area contributed by atoms with Crippen LogP contribution in [-0.2, 0) is 19.4 Å². The number of halogens is 2. The SMILES string of the molecule is CCNC(=NCc1c(CC)noc1CC)NCCNC(=O)c1ccc(C)c(F)c1.I. The van der Waals surface area contributed by atoms with Crippen LogP contribution in [0.4, 0.5) is 4.39 Å². The van der Waals surface area contributed by atoms with Gasteiger partial charge in [-0.2, -0.15) is 0 Å². The van der Waals surface area contributed by atoms with Crippen molar-refractivity contribution in [2.75, 3.05) is 19.6 Å². The molecule has 7 nitrogen and oxygen atoms in total. The van der Waals surface area contributed by atoms with Crippen molar-refractivity contribution in [2.24, 2.45) is 4.99 Å². The number of aromatic nitrogens is 1. The summed E-state index contributed by atoms with van der Waals surface area (Å²) in [6.45, 7) is 9.76.